The molecule has 1 fully saturated rings. The van der Waals surface area contributed by atoms with E-state index < -0.39 is 5.82 Å². The minimum absolute atomic E-state index is 0.145. The summed E-state index contributed by atoms with van der Waals surface area (Å²) >= 11 is 5.82. The molecule has 0 aliphatic carbocycles. The van der Waals surface area contributed by atoms with E-state index in [0.29, 0.717) is 18.2 Å². The van der Waals surface area contributed by atoms with Crippen LogP contribution in [0.1, 0.15) is 29.6 Å². The molecule has 1 amide bonds. The second-order valence-corrected chi connectivity index (χ2v) is 4.87. The quantitative estimate of drug-likeness (QED) is 0.882. The van der Waals surface area contributed by atoms with Crippen molar-refractivity contribution in [2.45, 2.75) is 25.3 Å². The van der Waals surface area contributed by atoms with Crippen molar-refractivity contribution in [1.29, 1.82) is 0 Å². The number of carbonyl (C=O) groups is 1. The molecule has 0 spiro atoms. The SMILES string of the molecule is O=C(NCC[C@H]1CCCN1)c1ccc(F)cc1Cl. The van der Waals surface area contributed by atoms with Gasteiger partial charge in [-0.1, -0.05) is 11.6 Å². The second kappa shape index (κ2) is 6.16. The molecule has 2 N–H and O–H groups in total. The van der Waals surface area contributed by atoms with Crippen LogP contribution in [-0.2, 0) is 0 Å². The second-order valence-electron chi connectivity index (χ2n) is 4.46. The Morgan fingerprint density at radius 1 is 1.56 bits per heavy atom. The summed E-state index contributed by atoms with van der Waals surface area (Å²) < 4.78 is 12.8. The smallest absolute Gasteiger partial charge is 0.252 e. The third kappa shape index (κ3) is 3.43. The summed E-state index contributed by atoms with van der Waals surface area (Å²) in [6.45, 7) is 1.66. The van der Waals surface area contributed by atoms with Crippen molar-refractivity contribution in [1.82, 2.24) is 10.6 Å². The molecular weight excluding hydrogens is 255 g/mol. The fourth-order valence-electron chi connectivity index (χ4n) is 2.13. The Morgan fingerprint density at radius 3 is 3.06 bits per heavy atom. The number of amides is 1. The van der Waals surface area contributed by atoms with Crippen molar-refractivity contribution in [3.05, 3.63) is 34.6 Å². The first-order valence-corrected chi connectivity index (χ1v) is 6.51. The standard InChI is InChI=1S/C13H16ClFN2O/c14-12-8-9(15)3-4-11(12)13(18)17-7-5-10-2-1-6-16-10/h3-4,8,10,16H,1-2,5-7H2,(H,17,18)/t10-/m1/s1. The van der Waals surface area contributed by atoms with Gasteiger partial charge in [0.15, 0.2) is 0 Å². The monoisotopic (exact) mass is 270 g/mol. The number of hydrogen-bond donors (Lipinski definition) is 2. The molecule has 1 aromatic carbocycles. The molecule has 0 aromatic heterocycles. The van der Waals surface area contributed by atoms with Gasteiger partial charge in [-0.25, -0.2) is 4.39 Å². The van der Waals surface area contributed by atoms with Crippen LogP contribution in [0.2, 0.25) is 5.02 Å². The normalized spacial score (nSPS) is 18.9. The molecule has 0 radical (unpaired) electrons. The summed E-state index contributed by atoms with van der Waals surface area (Å²) in [6, 6.07) is 4.28. The Hall–Kier alpha value is -1.13. The van der Waals surface area contributed by atoms with Gasteiger partial charge in [-0.15, -0.1) is 0 Å². The average Bonchev–Trinajstić information content (AvgIpc) is 2.81. The van der Waals surface area contributed by atoms with Gasteiger partial charge in [0, 0.05) is 12.6 Å². The van der Waals surface area contributed by atoms with Gasteiger partial charge in [0.1, 0.15) is 5.82 Å². The first kappa shape index (κ1) is 13.3. The molecule has 5 heteroatoms. The average molecular weight is 271 g/mol. The summed E-state index contributed by atoms with van der Waals surface area (Å²) in [5.74, 6) is -0.690. The Balaban J connectivity index is 1.83. The maximum Gasteiger partial charge on any atom is 0.252 e. The Labute approximate surface area is 111 Å². The predicted molar refractivity (Wildman–Crippen MR) is 69.4 cm³/mol. The maximum atomic E-state index is 12.8. The molecule has 1 saturated heterocycles. The zero-order valence-electron chi connectivity index (χ0n) is 10.0. The lowest BCUT2D eigenvalue weighted by molar-refractivity contribution is 0.0952. The van der Waals surface area contributed by atoms with Gasteiger partial charge in [-0.05, 0) is 44.0 Å². The van der Waals surface area contributed by atoms with Crippen LogP contribution in [0.4, 0.5) is 4.39 Å². The Morgan fingerprint density at radius 2 is 2.39 bits per heavy atom. The van der Waals surface area contributed by atoms with E-state index in [2.05, 4.69) is 10.6 Å². The Kier molecular flexibility index (Phi) is 4.55. The summed E-state index contributed by atoms with van der Waals surface area (Å²) in [5.41, 5.74) is 0.317. The van der Waals surface area contributed by atoms with Crippen molar-refractivity contribution in [3.8, 4) is 0 Å². The minimum atomic E-state index is -0.438. The lowest BCUT2D eigenvalue weighted by Gasteiger charge is -2.11. The Bertz CT molecular complexity index is 433. The molecule has 1 aliphatic heterocycles. The van der Waals surface area contributed by atoms with E-state index >= 15 is 0 Å². The highest BCUT2D eigenvalue weighted by Crippen LogP contribution is 2.17. The van der Waals surface area contributed by atoms with Gasteiger partial charge < -0.3 is 10.6 Å². The molecular formula is C13H16ClFN2O. The van der Waals surface area contributed by atoms with E-state index in [0.717, 1.165) is 25.5 Å². The van der Waals surface area contributed by atoms with Gasteiger partial charge in [0.05, 0.1) is 10.6 Å². The van der Waals surface area contributed by atoms with E-state index in [-0.39, 0.29) is 10.9 Å². The van der Waals surface area contributed by atoms with Gasteiger partial charge in [0.25, 0.3) is 5.91 Å². The minimum Gasteiger partial charge on any atom is -0.352 e. The van der Waals surface area contributed by atoms with Gasteiger partial charge in [-0.2, -0.15) is 0 Å². The van der Waals surface area contributed by atoms with Crippen LogP contribution < -0.4 is 10.6 Å². The number of carbonyl (C=O) groups excluding carboxylic acids is 1. The fraction of sp³-hybridized carbons (Fsp3) is 0.462. The van der Waals surface area contributed by atoms with Crippen LogP contribution in [0, 0.1) is 5.82 Å². The molecule has 98 valence electrons. The zero-order chi connectivity index (χ0) is 13.0. The molecule has 1 atom stereocenters. The van der Waals surface area contributed by atoms with Crippen molar-refractivity contribution >= 4 is 17.5 Å². The molecule has 1 aliphatic rings. The highest BCUT2D eigenvalue weighted by Gasteiger charge is 2.15. The molecule has 3 nitrogen and oxygen atoms in total. The van der Waals surface area contributed by atoms with Gasteiger partial charge in [0.2, 0.25) is 0 Å². The molecule has 1 aromatic rings. The topological polar surface area (TPSA) is 41.1 Å². The van der Waals surface area contributed by atoms with Crippen molar-refractivity contribution in [3.63, 3.8) is 0 Å². The van der Waals surface area contributed by atoms with E-state index in [1.54, 1.807) is 0 Å². The van der Waals surface area contributed by atoms with Crippen molar-refractivity contribution in [2.75, 3.05) is 13.1 Å². The summed E-state index contributed by atoms with van der Waals surface area (Å²) in [5, 5.41) is 6.31. The van der Waals surface area contributed by atoms with Crippen molar-refractivity contribution in [2.24, 2.45) is 0 Å². The number of rotatable bonds is 4. The number of nitrogens with one attached hydrogen (secondary N) is 2. The number of halogens is 2. The number of hydrogen-bond acceptors (Lipinski definition) is 2. The van der Waals surface area contributed by atoms with Crippen LogP contribution in [0.5, 0.6) is 0 Å². The first-order valence-electron chi connectivity index (χ1n) is 6.13. The zero-order valence-corrected chi connectivity index (χ0v) is 10.8. The molecule has 1 heterocycles. The lowest BCUT2D eigenvalue weighted by Crippen LogP contribution is -2.30. The predicted octanol–water partition coefficient (Wildman–Crippen LogP) is 2.35. The van der Waals surface area contributed by atoms with E-state index in [4.69, 9.17) is 11.6 Å². The van der Waals surface area contributed by atoms with Gasteiger partial charge in [-0.3, -0.25) is 4.79 Å². The molecule has 0 bridgehead atoms. The summed E-state index contributed by atoms with van der Waals surface area (Å²) in [7, 11) is 0. The molecule has 18 heavy (non-hydrogen) atoms. The molecule has 2 rings (SSSR count). The van der Waals surface area contributed by atoms with Crippen LogP contribution in [0.15, 0.2) is 18.2 Å². The largest absolute Gasteiger partial charge is 0.352 e. The van der Waals surface area contributed by atoms with Gasteiger partial charge >= 0.3 is 0 Å². The van der Waals surface area contributed by atoms with E-state index in [9.17, 15) is 9.18 Å². The van der Waals surface area contributed by atoms with Crippen molar-refractivity contribution < 1.29 is 9.18 Å². The van der Waals surface area contributed by atoms with Crippen LogP contribution in [-0.4, -0.2) is 25.0 Å². The molecule has 0 saturated carbocycles. The van der Waals surface area contributed by atoms with E-state index in [1.165, 1.54) is 18.6 Å². The highest BCUT2D eigenvalue weighted by molar-refractivity contribution is 6.33. The van der Waals surface area contributed by atoms with Crippen LogP contribution in [0.25, 0.3) is 0 Å². The van der Waals surface area contributed by atoms with Crippen LogP contribution in [0.3, 0.4) is 0 Å². The summed E-state index contributed by atoms with van der Waals surface area (Å²) in [6.07, 6.45) is 3.26. The summed E-state index contributed by atoms with van der Waals surface area (Å²) in [4.78, 5) is 11.8. The third-order valence-electron chi connectivity index (χ3n) is 3.12. The highest BCUT2D eigenvalue weighted by atomic mass is 35.5. The van der Waals surface area contributed by atoms with Crippen LogP contribution >= 0.6 is 11.6 Å². The maximum absolute atomic E-state index is 12.8. The lowest BCUT2D eigenvalue weighted by atomic mass is 10.1. The first-order chi connectivity index (χ1) is 8.66. The number of benzene rings is 1. The fourth-order valence-corrected chi connectivity index (χ4v) is 2.38. The third-order valence-corrected chi connectivity index (χ3v) is 3.43. The van der Waals surface area contributed by atoms with E-state index in [1.807, 2.05) is 0 Å². The molecule has 0 unspecified atom stereocenters.